The zero-order chi connectivity index (χ0) is 24.1. The zero-order valence-electron chi connectivity index (χ0n) is 17.3. The highest BCUT2D eigenvalue weighted by Gasteiger charge is 2.67. The Hall–Kier alpha value is -4.08. The van der Waals surface area contributed by atoms with Crippen LogP contribution >= 0.6 is 0 Å². The van der Waals surface area contributed by atoms with Crippen molar-refractivity contribution in [1.82, 2.24) is 10.4 Å². The van der Waals surface area contributed by atoms with Gasteiger partial charge in [0.05, 0.1) is 17.8 Å². The average Bonchev–Trinajstić information content (AvgIpc) is 3.34. The van der Waals surface area contributed by atoms with Crippen LogP contribution in [0.2, 0.25) is 0 Å². The third-order valence-corrected chi connectivity index (χ3v) is 5.52. The number of urea groups is 1. The Labute approximate surface area is 190 Å². The largest absolute Gasteiger partial charge is 0.469 e. The smallest absolute Gasteiger partial charge is 0.424 e. The molecule has 174 valence electrons. The highest BCUT2D eigenvalue weighted by atomic mass is 19.3. The van der Waals surface area contributed by atoms with Crippen molar-refractivity contribution in [3.05, 3.63) is 95.3 Å². The molecule has 3 aromatic rings. The first-order chi connectivity index (χ1) is 16.2. The molecule has 0 atom stereocenters. The molecule has 2 aliphatic heterocycles. The Balaban J connectivity index is 1.42. The predicted octanol–water partition coefficient (Wildman–Crippen LogP) is 5.82. The van der Waals surface area contributed by atoms with Crippen LogP contribution in [0.15, 0.2) is 72.8 Å². The maximum absolute atomic E-state index is 14.3. The number of hydrogen-bond donors (Lipinski definition) is 2. The molecular weight excluding hydrogens is 457 g/mol. The Morgan fingerprint density at radius 2 is 1.56 bits per heavy atom. The number of rotatable bonds is 3. The minimum absolute atomic E-state index is 0.102. The Bertz CT molecular complexity index is 1250. The predicted molar refractivity (Wildman–Crippen MR) is 114 cm³/mol. The van der Waals surface area contributed by atoms with Crippen LogP contribution in [0, 0.1) is 5.82 Å². The molecule has 2 N–H and O–H groups in total. The van der Waals surface area contributed by atoms with Gasteiger partial charge in [0, 0.05) is 17.3 Å². The summed E-state index contributed by atoms with van der Waals surface area (Å²) in [6.45, 7) is 0.102. The van der Waals surface area contributed by atoms with E-state index in [0.29, 0.717) is 17.8 Å². The van der Waals surface area contributed by atoms with Gasteiger partial charge in [0.15, 0.2) is 11.6 Å². The molecule has 2 aliphatic rings. The van der Waals surface area contributed by atoms with E-state index in [1.165, 1.54) is 5.01 Å². The summed E-state index contributed by atoms with van der Waals surface area (Å²) < 4.78 is 73.1. The lowest BCUT2D eigenvalue weighted by Crippen LogP contribution is -2.40. The van der Waals surface area contributed by atoms with Crippen LogP contribution in [-0.4, -0.2) is 23.7 Å². The number of anilines is 1. The standard InChI is InChI=1S/C24H16F5N3O2/c25-19-12-16(11-18-21(19)34-24(28,29)23(18,26)27)30-22(33)32-13-17(14-7-3-1-4-8-14)20(31-32)15-9-5-2-6-10-15/h1-12,31H,13H2,(H,30,33). The summed E-state index contributed by atoms with van der Waals surface area (Å²) in [6, 6.07) is 18.9. The molecule has 0 saturated carbocycles. The lowest BCUT2D eigenvalue weighted by atomic mass is 10.0. The number of benzene rings is 3. The molecule has 0 radical (unpaired) electrons. The average molecular weight is 473 g/mol. The van der Waals surface area contributed by atoms with Gasteiger partial charge in [-0.05, 0) is 17.2 Å². The first-order valence-electron chi connectivity index (χ1n) is 10.2. The quantitative estimate of drug-likeness (QED) is 0.471. The van der Waals surface area contributed by atoms with Crippen LogP contribution in [0.3, 0.4) is 0 Å². The fourth-order valence-corrected chi connectivity index (χ4v) is 3.86. The number of ether oxygens (including phenoxy) is 1. The van der Waals surface area contributed by atoms with Gasteiger partial charge in [-0.2, -0.15) is 17.6 Å². The molecule has 5 rings (SSSR count). The molecule has 0 aliphatic carbocycles. The topological polar surface area (TPSA) is 53.6 Å². The number of alkyl halides is 4. The van der Waals surface area contributed by atoms with Crippen LogP contribution in [-0.2, 0) is 5.92 Å². The van der Waals surface area contributed by atoms with E-state index < -0.39 is 40.9 Å². The van der Waals surface area contributed by atoms with Gasteiger partial charge in [0.25, 0.3) is 0 Å². The van der Waals surface area contributed by atoms with E-state index in [1.807, 2.05) is 60.7 Å². The number of hydrazine groups is 1. The van der Waals surface area contributed by atoms with E-state index in [1.54, 1.807) is 0 Å². The summed E-state index contributed by atoms with van der Waals surface area (Å²) in [5.74, 6) is -7.43. The zero-order valence-corrected chi connectivity index (χ0v) is 17.3. The molecule has 2 heterocycles. The van der Waals surface area contributed by atoms with Crippen LogP contribution < -0.4 is 15.5 Å². The fraction of sp³-hybridized carbons (Fsp3) is 0.125. The first-order valence-corrected chi connectivity index (χ1v) is 10.2. The van der Waals surface area contributed by atoms with Crippen molar-refractivity contribution in [2.75, 3.05) is 11.9 Å². The van der Waals surface area contributed by atoms with Gasteiger partial charge >= 0.3 is 18.1 Å². The third kappa shape index (κ3) is 3.51. The number of hydrogen-bond acceptors (Lipinski definition) is 3. The van der Waals surface area contributed by atoms with Crippen LogP contribution in [0.4, 0.5) is 32.4 Å². The monoisotopic (exact) mass is 473 g/mol. The van der Waals surface area contributed by atoms with E-state index in [9.17, 15) is 26.7 Å². The number of carbonyl (C=O) groups excluding carboxylic acids is 1. The lowest BCUT2D eigenvalue weighted by Gasteiger charge is -2.19. The molecule has 0 aromatic heterocycles. The second kappa shape index (κ2) is 7.75. The number of fused-ring (bicyclic) bond motifs is 1. The summed E-state index contributed by atoms with van der Waals surface area (Å²) in [5.41, 5.74) is 4.34. The molecule has 2 amide bonds. The maximum atomic E-state index is 14.3. The Morgan fingerprint density at radius 1 is 0.941 bits per heavy atom. The Kier molecular flexibility index (Phi) is 4.96. The first kappa shape index (κ1) is 21.7. The van der Waals surface area contributed by atoms with E-state index in [4.69, 9.17) is 0 Å². The van der Waals surface area contributed by atoms with E-state index >= 15 is 0 Å². The minimum Gasteiger partial charge on any atom is -0.424 e. The number of carbonyl (C=O) groups is 1. The summed E-state index contributed by atoms with van der Waals surface area (Å²) in [5, 5.41) is 3.47. The molecular formula is C24H16F5N3O2. The minimum atomic E-state index is -4.89. The number of nitrogens with zero attached hydrogens (tertiary/aromatic N) is 1. The second-order valence-electron chi connectivity index (χ2n) is 7.74. The number of nitrogens with one attached hydrogen (secondary N) is 2. The van der Waals surface area contributed by atoms with Crippen LogP contribution in [0.1, 0.15) is 16.7 Å². The molecule has 34 heavy (non-hydrogen) atoms. The molecule has 0 fully saturated rings. The second-order valence-corrected chi connectivity index (χ2v) is 7.74. The summed E-state index contributed by atoms with van der Waals surface area (Å²) >= 11 is 0. The molecule has 5 nitrogen and oxygen atoms in total. The van der Waals surface area contributed by atoms with Gasteiger partial charge in [0.1, 0.15) is 0 Å². The molecule has 0 bridgehead atoms. The van der Waals surface area contributed by atoms with Crippen molar-refractivity contribution in [1.29, 1.82) is 0 Å². The summed E-state index contributed by atoms with van der Waals surface area (Å²) in [7, 11) is 0. The van der Waals surface area contributed by atoms with Crippen molar-refractivity contribution in [2.24, 2.45) is 0 Å². The molecule has 0 unspecified atom stereocenters. The van der Waals surface area contributed by atoms with Gasteiger partial charge in [-0.15, -0.1) is 0 Å². The van der Waals surface area contributed by atoms with Crippen molar-refractivity contribution in [3.8, 4) is 5.75 Å². The van der Waals surface area contributed by atoms with Crippen molar-refractivity contribution in [3.63, 3.8) is 0 Å². The van der Waals surface area contributed by atoms with Crippen LogP contribution in [0.5, 0.6) is 5.75 Å². The third-order valence-electron chi connectivity index (χ3n) is 5.52. The van der Waals surface area contributed by atoms with E-state index in [2.05, 4.69) is 15.5 Å². The number of halogens is 5. The van der Waals surface area contributed by atoms with Gasteiger partial charge in [-0.3, -0.25) is 5.43 Å². The van der Waals surface area contributed by atoms with E-state index in [-0.39, 0.29) is 6.54 Å². The molecule has 0 spiro atoms. The van der Waals surface area contributed by atoms with Crippen molar-refractivity contribution in [2.45, 2.75) is 12.0 Å². The highest BCUT2D eigenvalue weighted by molar-refractivity contribution is 5.98. The van der Waals surface area contributed by atoms with Gasteiger partial charge in [-0.1, -0.05) is 60.7 Å². The van der Waals surface area contributed by atoms with Gasteiger partial charge in [-0.25, -0.2) is 14.2 Å². The van der Waals surface area contributed by atoms with Gasteiger partial charge in [0.2, 0.25) is 0 Å². The van der Waals surface area contributed by atoms with E-state index in [0.717, 1.165) is 16.7 Å². The van der Waals surface area contributed by atoms with Crippen LogP contribution in [0.25, 0.3) is 11.3 Å². The van der Waals surface area contributed by atoms with Crippen molar-refractivity contribution < 1.29 is 31.5 Å². The normalized spacial score (nSPS) is 17.7. The molecule has 3 aromatic carbocycles. The number of amides is 2. The van der Waals surface area contributed by atoms with Crippen molar-refractivity contribution >= 4 is 23.0 Å². The maximum Gasteiger partial charge on any atom is 0.469 e. The summed E-state index contributed by atoms with van der Waals surface area (Å²) in [6.07, 6.45) is -4.89. The summed E-state index contributed by atoms with van der Waals surface area (Å²) in [4.78, 5) is 12.9. The fourth-order valence-electron chi connectivity index (χ4n) is 3.86. The highest BCUT2D eigenvalue weighted by Crippen LogP contribution is 2.54. The lowest BCUT2D eigenvalue weighted by molar-refractivity contribution is -0.296. The Morgan fingerprint density at radius 3 is 2.21 bits per heavy atom. The SMILES string of the molecule is O=C(Nc1cc(F)c2c(c1)C(F)(F)C(F)(F)O2)N1CC(c2ccccc2)=C(c2ccccc2)N1. The van der Waals surface area contributed by atoms with Gasteiger partial charge < -0.3 is 10.1 Å². The molecule has 10 heteroatoms. The molecule has 0 saturated heterocycles.